The Kier molecular flexibility index (Phi) is 5.13. The molecule has 3 aromatic rings. The summed E-state index contributed by atoms with van der Waals surface area (Å²) in [7, 11) is -3.59. The minimum atomic E-state index is -3.59. The maximum atomic E-state index is 12.8. The molecule has 0 spiro atoms. The molecule has 0 atom stereocenters. The topological polar surface area (TPSA) is 66.7 Å². The third kappa shape index (κ3) is 3.83. The third-order valence-corrected chi connectivity index (χ3v) is 7.17. The number of fused-ring (bicyclic) bond motifs is 1. The van der Waals surface area contributed by atoms with E-state index in [1.807, 2.05) is 6.07 Å². The number of hydrogen-bond donors (Lipinski definition) is 0. The van der Waals surface area contributed by atoms with Crippen molar-refractivity contribution in [3.05, 3.63) is 58.4 Å². The van der Waals surface area contributed by atoms with Gasteiger partial charge in [0.1, 0.15) is 10.4 Å². The van der Waals surface area contributed by atoms with Gasteiger partial charge in [-0.1, -0.05) is 35.3 Å². The van der Waals surface area contributed by atoms with Crippen LogP contribution in [0.2, 0.25) is 10.0 Å². The summed E-state index contributed by atoms with van der Waals surface area (Å²) in [6, 6.07) is 11.8. The molecular weight excluding hydrogens is 409 g/mol. The molecule has 6 nitrogen and oxygen atoms in total. The van der Waals surface area contributed by atoms with Crippen LogP contribution in [0.15, 0.2) is 51.8 Å². The Labute approximate surface area is 167 Å². The van der Waals surface area contributed by atoms with Crippen LogP contribution in [0.4, 0.5) is 0 Å². The molecule has 0 bridgehead atoms. The molecule has 0 amide bonds. The molecule has 4 rings (SSSR count). The van der Waals surface area contributed by atoms with Crippen molar-refractivity contribution < 1.29 is 12.8 Å². The Balaban J connectivity index is 1.43. The standard InChI is InChI=1S/C18H17Cl2N3O3S/c19-13-5-6-15-16(11-13)26-18(21-15)12-22-7-9-23(10-8-22)27(24,25)17-4-2-1-3-14(17)20/h1-6,11H,7-10,12H2. The molecule has 9 heteroatoms. The van der Waals surface area contributed by atoms with E-state index in [0.717, 1.165) is 5.52 Å². The van der Waals surface area contributed by atoms with Crippen molar-refractivity contribution in [1.29, 1.82) is 0 Å². The van der Waals surface area contributed by atoms with Crippen LogP contribution in [0.5, 0.6) is 0 Å². The van der Waals surface area contributed by atoms with Crippen LogP contribution in [0.25, 0.3) is 11.1 Å². The van der Waals surface area contributed by atoms with E-state index in [-0.39, 0.29) is 9.92 Å². The van der Waals surface area contributed by atoms with E-state index in [1.165, 1.54) is 10.4 Å². The molecule has 2 aromatic carbocycles. The largest absolute Gasteiger partial charge is 0.439 e. The quantitative estimate of drug-likeness (QED) is 0.638. The van der Waals surface area contributed by atoms with Crippen molar-refractivity contribution in [3.63, 3.8) is 0 Å². The zero-order valence-corrected chi connectivity index (χ0v) is 16.6. The average Bonchev–Trinajstić information content (AvgIpc) is 3.03. The maximum Gasteiger partial charge on any atom is 0.244 e. The van der Waals surface area contributed by atoms with Crippen molar-refractivity contribution in [2.75, 3.05) is 26.2 Å². The van der Waals surface area contributed by atoms with Crippen LogP contribution >= 0.6 is 23.2 Å². The van der Waals surface area contributed by atoms with Gasteiger partial charge in [0.15, 0.2) is 5.58 Å². The first-order valence-electron chi connectivity index (χ1n) is 8.45. The Morgan fingerprint density at radius 1 is 1.04 bits per heavy atom. The molecule has 0 unspecified atom stereocenters. The number of rotatable bonds is 4. The minimum Gasteiger partial charge on any atom is -0.439 e. The van der Waals surface area contributed by atoms with Gasteiger partial charge < -0.3 is 4.42 Å². The summed E-state index contributed by atoms with van der Waals surface area (Å²) in [6.45, 7) is 2.47. The first-order chi connectivity index (χ1) is 12.9. The molecule has 0 aliphatic carbocycles. The van der Waals surface area contributed by atoms with E-state index in [9.17, 15) is 8.42 Å². The summed E-state index contributed by atoms with van der Waals surface area (Å²) in [5, 5.41) is 0.841. The van der Waals surface area contributed by atoms with Crippen molar-refractivity contribution in [2.24, 2.45) is 0 Å². The van der Waals surface area contributed by atoms with Crippen LogP contribution < -0.4 is 0 Å². The molecule has 0 N–H and O–H groups in total. The molecule has 1 saturated heterocycles. The normalized spacial score (nSPS) is 16.8. The van der Waals surface area contributed by atoms with Crippen molar-refractivity contribution in [1.82, 2.24) is 14.2 Å². The van der Waals surface area contributed by atoms with Crippen LogP contribution in [-0.2, 0) is 16.6 Å². The van der Waals surface area contributed by atoms with Crippen LogP contribution in [0.3, 0.4) is 0 Å². The maximum absolute atomic E-state index is 12.8. The molecule has 142 valence electrons. The van der Waals surface area contributed by atoms with Gasteiger partial charge >= 0.3 is 0 Å². The Bertz CT molecular complexity index is 1080. The van der Waals surface area contributed by atoms with Gasteiger partial charge in [0.25, 0.3) is 0 Å². The van der Waals surface area contributed by atoms with Gasteiger partial charge in [0.2, 0.25) is 15.9 Å². The predicted molar refractivity (Wildman–Crippen MR) is 105 cm³/mol. The van der Waals surface area contributed by atoms with Crippen LogP contribution in [0, 0.1) is 0 Å². The summed E-state index contributed by atoms with van der Waals surface area (Å²) in [5.41, 5.74) is 1.41. The number of benzene rings is 2. The number of sulfonamides is 1. The summed E-state index contributed by atoms with van der Waals surface area (Å²) in [6.07, 6.45) is 0. The number of piperazine rings is 1. The van der Waals surface area contributed by atoms with Crippen molar-refractivity contribution in [2.45, 2.75) is 11.4 Å². The lowest BCUT2D eigenvalue weighted by atomic mass is 10.3. The van der Waals surface area contributed by atoms with Gasteiger partial charge in [-0.2, -0.15) is 4.31 Å². The second-order valence-electron chi connectivity index (χ2n) is 6.33. The molecule has 27 heavy (non-hydrogen) atoms. The minimum absolute atomic E-state index is 0.149. The van der Waals surface area contributed by atoms with Gasteiger partial charge in [-0.05, 0) is 24.3 Å². The predicted octanol–water partition coefficient (Wildman–Crippen LogP) is 3.64. The van der Waals surface area contributed by atoms with Gasteiger partial charge in [-0.3, -0.25) is 4.90 Å². The second-order valence-corrected chi connectivity index (χ2v) is 9.08. The number of oxazole rings is 1. The molecule has 1 aromatic heterocycles. The van der Waals surface area contributed by atoms with Crippen LogP contribution in [0.1, 0.15) is 5.89 Å². The van der Waals surface area contributed by atoms with Crippen LogP contribution in [-0.4, -0.2) is 48.8 Å². The highest BCUT2D eigenvalue weighted by Crippen LogP contribution is 2.26. The molecule has 0 radical (unpaired) electrons. The zero-order chi connectivity index (χ0) is 19.0. The lowest BCUT2D eigenvalue weighted by Gasteiger charge is -2.33. The first-order valence-corrected chi connectivity index (χ1v) is 10.6. The SMILES string of the molecule is O=S(=O)(c1ccccc1Cl)N1CCN(Cc2nc3ccc(Cl)cc3o2)CC1. The summed E-state index contributed by atoms with van der Waals surface area (Å²) in [4.78, 5) is 6.72. The highest BCUT2D eigenvalue weighted by atomic mass is 35.5. The second kappa shape index (κ2) is 7.41. The lowest BCUT2D eigenvalue weighted by molar-refractivity contribution is 0.169. The highest BCUT2D eigenvalue weighted by molar-refractivity contribution is 7.89. The van der Waals surface area contributed by atoms with E-state index in [0.29, 0.717) is 49.2 Å². The third-order valence-electron chi connectivity index (χ3n) is 4.54. The number of aromatic nitrogens is 1. The summed E-state index contributed by atoms with van der Waals surface area (Å²) >= 11 is 12.0. The Morgan fingerprint density at radius 2 is 1.78 bits per heavy atom. The molecule has 2 heterocycles. The Hall–Kier alpha value is -1.64. The molecule has 1 aliphatic heterocycles. The average molecular weight is 426 g/mol. The number of hydrogen-bond acceptors (Lipinski definition) is 5. The number of halogens is 2. The van der Waals surface area contributed by atoms with Gasteiger partial charge in [0, 0.05) is 37.3 Å². The van der Waals surface area contributed by atoms with Gasteiger partial charge in [-0.25, -0.2) is 13.4 Å². The molecule has 0 saturated carbocycles. The fourth-order valence-electron chi connectivity index (χ4n) is 3.13. The fraction of sp³-hybridized carbons (Fsp3) is 0.278. The lowest BCUT2D eigenvalue weighted by Crippen LogP contribution is -2.48. The van der Waals surface area contributed by atoms with Gasteiger partial charge in [-0.15, -0.1) is 0 Å². The van der Waals surface area contributed by atoms with E-state index in [2.05, 4.69) is 9.88 Å². The molecule has 1 fully saturated rings. The van der Waals surface area contributed by atoms with E-state index in [1.54, 1.807) is 30.3 Å². The fourth-order valence-corrected chi connectivity index (χ4v) is 5.20. The zero-order valence-electron chi connectivity index (χ0n) is 14.3. The Morgan fingerprint density at radius 3 is 2.52 bits per heavy atom. The monoisotopic (exact) mass is 425 g/mol. The molecular formula is C18H17Cl2N3O3S. The summed E-state index contributed by atoms with van der Waals surface area (Å²) < 4.78 is 32.8. The highest BCUT2D eigenvalue weighted by Gasteiger charge is 2.30. The molecule has 1 aliphatic rings. The van der Waals surface area contributed by atoms with Gasteiger partial charge in [0.05, 0.1) is 11.6 Å². The summed E-state index contributed by atoms with van der Waals surface area (Å²) in [5.74, 6) is 0.592. The van der Waals surface area contributed by atoms with E-state index in [4.69, 9.17) is 27.6 Å². The van der Waals surface area contributed by atoms with Crippen molar-refractivity contribution in [3.8, 4) is 0 Å². The number of nitrogens with zero attached hydrogens (tertiary/aromatic N) is 3. The smallest absolute Gasteiger partial charge is 0.244 e. The van der Waals surface area contributed by atoms with Crippen molar-refractivity contribution >= 4 is 44.3 Å². The van der Waals surface area contributed by atoms with E-state index < -0.39 is 10.0 Å². The van der Waals surface area contributed by atoms with E-state index >= 15 is 0 Å². The first kappa shape index (κ1) is 18.7.